The first-order valence-corrected chi connectivity index (χ1v) is 5.90. The van der Waals surface area contributed by atoms with Gasteiger partial charge in [-0.1, -0.05) is 12.1 Å². The molecule has 0 aliphatic rings. The molecule has 86 valence electrons. The third-order valence-electron chi connectivity index (χ3n) is 1.94. The molecule has 6 heteroatoms. The zero-order valence-corrected chi connectivity index (χ0v) is 9.36. The number of hydrogen-bond donors (Lipinski definition) is 2. The smallest absolute Gasteiger partial charge is 0.328 e. The molecule has 3 N–H and O–H groups in total. The topological polar surface area (TPSA) is 97.5 Å². The van der Waals surface area contributed by atoms with E-state index < -0.39 is 16.0 Å². The van der Waals surface area contributed by atoms with E-state index in [9.17, 15) is 13.2 Å². The lowest BCUT2D eigenvalue weighted by atomic mass is 10.1. The van der Waals surface area contributed by atoms with Crippen molar-refractivity contribution in [3.63, 3.8) is 0 Å². The molecular weight excluding hydrogens is 230 g/mol. The van der Waals surface area contributed by atoms with Gasteiger partial charge < -0.3 is 5.11 Å². The first kappa shape index (κ1) is 12.4. The van der Waals surface area contributed by atoms with Crippen LogP contribution in [-0.2, 0) is 14.8 Å². The third kappa shape index (κ3) is 3.18. The molecule has 0 atom stereocenters. The molecular formula is C10H11NO4S. The number of rotatable bonds is 3. The fourth-order valence-corrected chi connectivity index (χ4v) is 2.01. The third-order valence-corrected chi connectivity index (χ3v) is 2.99. The highest BCUT2D eigenvalue weighted by molar-refractivity contribution is 7.89. The van der Waals surface area contributed by atoms with Crippen LogP contribution >= 0.6 is 0 Å². The Kier molecular flexibility index (Phi) is 3.46. The summed E-state index contributed by atoms with van der Waals surface area (Å²) in [6.45, 7) is 1.62. The number of aliphatic carboxylic acids is 1. The summed E-state index contributed by atoms with van der Waals surface area (Å²) in [7, 11) is -3.78. The fourth-order valence-electron chi connectivity index (χ4n) is 1.19. The molecule has 0 aliphatic heterocycles. The summed E-state index contributed by atoms with van der Waals surface area (Å²) in [4.78, 5) is 10.3. The van der Waals surface area contributed by atoms with Crippen LogP contribution in [-0.4, -0.2) is 19.5 Å². The maximum atomic E-state index is 11.2. The lowest BCUT2D eigenvalue weighted by Crippen LogP contribution is -2.13. The molecule has 5 nitrogen and oxygen atoms in total. The lowest BCUT2D eigenvalue weighted by molar-refractivity contribution is -0.131. The molecule has 0 bridgehead atoms. The van der Waals surface area contributed by atoms with Crippen LogP contribution in [0.3, 0.4) is 0 Å². The Morgan fingerprint density at radius 1 is 1.44 bits per heavy atom. The van der Waals surface area contributed by atoms with Gasteiger partial charge in [0.2, 0.25) is 10.0 Å². The number of carbonyl (C=O) groups is 1. The Labute approximate surface area is 93.3 Å². The first-order valence-electron chi connectivity index (χ1n) is 4.35. The number of nitrogens with two attached hydrogens (primary N) is 1. The van der Waals surface area contributed by atoms with E-state index in [4.69, 9.17) is 10.2 Å². The number of sulfonamides is 1. The number of aryl methyl sites for hydroxylation is 1. The highest BCUT2D eigenvalue weighted by Crippen LogP contribution is 2.16. The van der Waals surface area contributed by atoms with Gasteiger partial charge in [-0.05, 0) is 30.2 Å². The molecule has 0 fully saturated rings. The quantitative estimate of drug-likeness (QED) is 0.762. The van der Waals surface area contributed by atoms with Crippen LogP contribution in [0.2, 0.25) is 0 Å². The second kappa shape index (κ2) is 4.46. The minimum absolute atomic E-state index is 0.0000359. The molecule has 1 rings (SSSR count). The molecule has 0 amide bonds. The summed E-state index contributed by atoms with van der Waals surface area (Å²) in [5.74, 6) is -1.10. The molecule has 0 saturated carbocycles. The zero-order chi connectivity index (χ0) is 12.3. The molecule has 16 heavy (non-hydrogen) atoms. The number of primary sulfonamides is 1. The van der Waals surface area contributed by atoms with Gasteiger partial charge in [0.15, 0.2) is 0 Å². The number of carboxylic acid groups (broad SMARTS) is 1. The summed E-state index contributed by atoms with van der Waals surface area (Å²) in [6, 6.07) is 4.52. The van der Waals surface area contributed by atoms with Gasteiger partial charge in [0.1, 0.15) is 0 Å². The Hall–Kier alpha value is -1.66. The van der Waals surface area contributed by atoms with Crippen LogP contribution in [0.1, 0.15) is 11.1 Å². The molecule has 0 spiro atoms. The number of carboxylic acids is 1. The van der Waals surface area contributed by atoms with Crippen LogP contribution in [0.25, 0.3) is 6.08 Å². The van der Waals surface area contributed by atoms with E-state index >= 15 is 0 Å². The first-order chi connectivity index (χ1) is 7.30. The maximum absolute atomic E-state index is 11.2. The van der Waals surface area contributed by atoms with Crippen molar-refractivity contribution in [2.45, 2.75) is 11.8 Å². The van der Waals surface area contributed by atoms with Crippen molar-refractivity contribution < 1.29 is 18.3 Å². The normalized spacial score (nSPS) is 11.9. The Bertz CT molecular complexity index is 546. The van der Waals surface area contributed by atoms with Crippen LogP contribution in [0, 0.1) is 6.92 Å². The second-order valence-corrected chi connectivity index (χ2v) is 4.77. The number of hydrogen-bond acceptors (Lipinski definition) is 3. The van der Waals surface area contributed by atoms with Crippen molar-refractivity contribution in [2.75, 3.05) is 0 Å². The molecule has 0 heterocycles. The molecule has 0 unspecified atom stereocenters. The second-order valence-electron chi connectivity index (χ2n) is 3.24. The summed E-state index contributed by atoms with van der Waals surface area (Å²) in [5.41, 5.74) is 0.993. The van der Waals surface area contributed by atoms with Gasteiger partial charge in [0, 0.05) is 6.08 Å². The summed E-state index contributed by atoms with van der Waals surface area (Å²) in [6.07, 6.45) is 2.23. The van der Waals surface area contributed by atoms with E-state index in [0.29, 0.717) is 11.1 Å². The zero-order valence-electron chi connectivity index (χ0n) is 8.54. The van der Waals surface area contributed by atoms with Crippen molar-refractivity contribution in [3.05, 3.63) is 35.4 Å². The average molecular weight is 241 g/mol. The monoisotopic (exact) mass is 241 g/mol. The minimum atomic E-state index is -3.78. The van der Waals surface area contributed by atoms with Crippen molar-refractivity contribution in [3.8, 4) is 0 Å². The van der Waals surface area contributed by atoms with Crippen molar-refractivity contribution in [2.24, 2.45) is 5.14 Å². The molecule has 1 aromatic rings. The van der Waals surface area contributed by atoms with Gasteiger partial charge in [0.05, 0.1) is 4.90 Å². The number of benzene rings is 1. The lowest BCUT2D eigenvalue weighted by Gasteiger charge is -2.03. The molecule has 0 aromatic heterocycles. The van der Waals surface area contributed by atoms with E-state index in [2.05, 4.69) is 0 Å². The standard InChI is InChI=1S/C10H11NO4S/c1-7-2-3-8(4-5-10(12)13)6-9(7)16(11,14)15/h2-6H,1H3,(H,12,13)(H2,11,14,15)/b5-4+. The fraction of sp³-hybridized carbons (Fsp3) is 0.100. The molecule has 0 aliphatic carbocycles. The van der Waals surface area contributed by atoms with E-state index in [-0.39, 0.29) is 4.90 Å². The Balaban J connectivity index is 3.23. The largest absolute Gasteiger partial charge is 0.478 e. The van der Waals surface area contributed by atoms with Crippen LogP contribution < -0.4 is 5.14 Å². The Morgan fingerprint density at radius 3 is 2.56 bits per heavy atom. The highest BCUT2D eigenvalue weighted by Gasteiger charge is 2.11. The summed E-state index contributed by atoms with van der Waals surface area (Å²) < 4.78 is 22.4. The van der Waals surface area contributed by atoms with Gasteiger partial charge in [-0.25, -0.2) is 18.4 Å². The van der Waals surface area contributed by atoms with Crippen LogP contribution in [0.4, 0.5) is 0 Å². The van der Waals surface area contributed by atoms with Crippen molar-refractivity contribution in [1.29, 1.82) is 0 Å². The van der Waals surface area contributed by atoms with Gasteiger partial charge >= 0.3 is 5.97 Å². The SMILES string of the molecule is Cc1ccc(/C=C/C(=O)O)cc1S(N)(=O)=O. The van der Waals surface area contributed by atoms with Gasteiger partial charge in [0.25, 0.3) is 0 Å². The van der Waals surface area contributed by atoms with Crippen LogP contribution in [0.5, 0.6) is 0 Å². The minimum Gasteiger partial charge on any atom is -0.478 e. The van der Waals surface area contributed by atoms with Gasteiger partial charge in [-0.3, -0.25) is 0 Å². The maximum Gasteiger partial charge on any atom is 0.328 e. The molecule has 0 radical (unpaired) electrons. The average Bonchev–Trinajstić information content (AvgIpc) is 2.14. The van der Waals surface area contributed by atoms with Gasteiger partial charge in [-0.15, -0.1) is 0 Å². The highest BCUT2D eigenvalue weighted by atomic mass is 32.2. The van der Waals surface area contributed by atoms with E-state index in [1.165, 1.54) is 12.1 Å². The van der Waals surface area contributed by atoms with Crippen LogP contribution in [0.15, 0.2) is 29.2 Å². The predicted molar refractivity (Wildman–Crippen MR) is 59.2 cm³/mol. The van der Waals surface area contributed by atoms with E-state index in [0.717, 1.165) is 6.08 Å². The molecule has 1 aromatic carbocycles. The predicted octanol–water partition coefficient (Wildman–Crippen LogP) is 0.740. The van der Waals surface area contributed by atoms with Crippen molar-refractivity contribution >= 4 is 22.1 Å². The van der Waals surface area contributed by atoms with Crippen molar-refractivity contribution in [1.82, 2.24) is 0 Å². The summed E-state index contributed by atoms with van der Waals surface area (Å²) in [5, 5.41) is 13.4. The van der Waals surface area contributed by atoms with E-state index in [1.54, 1.807) is 19.1 Å². The van der Waals surface area contributed by atoms with E-state index in [1.807, 2.05) is 0 Å². The van der Waals surface area contributed by atoms with Gasteiger partial charge in [-0.2, -0.15) is 0 Å². The summed E-state index contributed by atoms with van der Waals surface area (Å²) >= 11 is 0. The molecule has 0 saturated heterocycles. The Morgan fingerprint density at radius 2 is 2.06 bits per heavy atom.